The van der Waals surface area contributed by atoms with Crippen molar-refractivity contribution < 1.29 is 13.9 Å². The van der Waals surface area contributed by atoms with E-state index >= 15 is 0 Å². The second-order valence-corrected chi connectivity index (χ2v) is 7.73. The van der Waals surface area contributed by atoms with E-state index in [-0.39, 0.29) is 11.7 Å². The van der Waals surface area contributed by atoms with Gasteiger partial charge in [-0.05, 0) is 55.3 Å². The van der Waals surface area contributed by atoms with Crippen molar-refractivity contribution in [1.82, 2.24) is 9.80 Å². The third-order valence-corrected chi connectivity index (χ3v) is 5.71. The van der Waals surface area contributed by atoms with Gasteiger partial charge in [-0.1, -0.05) is 30.3 Å². The zero-order valence-electron chi connectivity index (χ0n) is 16.6. The molecule has 2 aliphatic heterocycles. The fourth-order valence-electron chi connectivity index (χ4n) is 4.17. The van der Waals surface area contributed by atoms with E-state index in [9.17, 15) is 9.18 Å². The number of hydrogen-bond acceptors (Lipinski definition) is 4. The second-order valence-electron chi connectivity index (χ2n) is 7.73. The fourth-order valence-corrected chi connectivity index (χ4v) is 4.17. The summed E-state index contributed by atoms with van der Waals surface area (Å²) < 4.78 is 18.9. The first-order chi connectivity index (χ1) is 14.2. The van der Waals surface area contributed by atoms with Crippen molar-refractivity contribution in [3.05, 3.63) is 65.5 Å². The number of carbonyl (C=O) groups is 1. The number of likely N-dealkylation sites (tertiary alicyclic amines) is 1. The maximum absolute atomic E-state index is 13.4. The monoisotopic (exact) mass is 397 g/mol. The highest BCUT2D eigenvalue weighted by molar-refractivity contribution is 5.96. The van der Waals surface area contributed by atoms with Crippen LogP contribution in [0.4, 0.5) is 10.1 Å². The van der Waals surface area contributed by atoms with Gasteiger partial charge in [0.15, 0.2) is 0 Å². The molecule has 1 atom stereocenters. The number of carbonyl (C=O) groups excluding carboxylic acids is 1. The number of ether oxygens (including phenoxy) is 1. The van der Waals surface area contributed by atoms with Gasteiger partial charge in [-0.15, -0.1) is 0 Å². The number of morpholine rings is 1. The standard InChI is InChI=1S/C23H28FN3O2/c24-20-9-7-18(8-10-20)22(27-13-15-29-16-14-27)23(28)25-21-6-2-1-5-19(21)17-26-11-3-4-12-26/h1-2,5-10,22H,3-4,11-17H2,(H,25,28). The lowest BCUT2D eigenvalue weighted by molar-refractivity contribution is -0.123. The van der Waals surface area contributed by atoms with Crippen molar-refractivity contribution in [2.75, 3.05) is 44.7 Å². The van der Waals surface area contributed by atoms with Crippen molar-refractivity contribution in [3.63, 3.8) is 0 Å². The molecule has 2 heterocycles. The molecule has 5 nitrogen and oxygen atoms in total. The molecule has 29 heavy (non-hydrogen) atoms. The van der Waals surface area contributed by atoms with Crippen molar-refractivity contribution >= 4 is 11.6 Å². The number of benzene rings is 2. The number of hydrogen-bond donors (Lipinski definition) is 1. The fraction of sp³-hybridized carbons (Fsp3) is 0.435. The van der Waals surface area contributed by atoms with Crippen LogP contribution in [0.5, 0.6) is 0 Å². The molecule has 2 aromatic rings. The van der Waals surface area contributed by atoms with Crippen LogP contribution in [0.25, 0.3) is 0 Å². The van der Waals surface area contributed by atoms with Crippen LogP contribution in [-0.2, 0) is 16.1 Å². The summed E-state index contributed by atoms with van der Waals surface area (Å²) in [4.78, 5) is 17.9. The maximum atomic E-state index is 13.4. The lowest BCUT2D eigenvalue weighted by atomic mass is 10.0. The molecule has 2 fully saturated rings. The van der Waals surface area contributed by atoms with Crippen molar-refractivity contribution in [3.8, 4) is 0 Å². The summed E-state index contributed by atoms with van der Waals surface area (Å²) in [6.07, 6.45) is 2.47. The molecule has 154 valence electrons. The lowest BCUT2D eigenvalue weighted by Crippen LogP contribution is -2.44. The molecule has 0 spiro atoms. The number of amides is 1. The third-order valence-electron chi connectivity index (χ3n) is 5.71. The van der Waals surface area contributed by atoms with E-state index in [0.29, 0.717) is 26.3 Å². The predicted molar refractivity (Wildman–Crippen MR) is 111 cm³/mol. The van der Waals surface area contributed by atoms with E-state index in [0.717, 1.165) is 36.4 Å². The number of nitrogens with one attached hydrogen (secondary N) is 1. The Labute approximate surface area is 171 Å². The minimum atomic E-state index is -0.473. The van der Waals surface area contributed by atoms with Gasteiger partial charge in [-0.2, -0.15) is 0 Å². The quantitative estimate of drug-likeness (QED) is 0.811. The van der Waals surface area contributed by atoms with Gasteiger partial charge in [0.25, 0.3) is 0 Å². The molecule has 0 aromatic heterocycles. The average molecular weight is 397 g/mol. The van der Waals surface area contributed by atoms with Gasteiger partial charge in [0.2, 0.25) is 5.91 Å². The van der Waals surface area contributed by atoms with E-state index in [4.69, 9.17) is 4.74 Å². The molecular weight excluding hydrogens is 369 g/mol. The maximum Gasteiger partial charge on any atom is 0.246 e. The Kier molecular flexibility index (Phi) is 6.54. The molecule has 0 radical (unpaired) electrons. The van der Waals surface area contributed by atoms with Crippen molar-refractivity contribution in [1.29, 1.82) is 0 Å². The first-order valence-electron chi connectivity index (χ1n) is 10.4. The van der Waals surface area contributed by atoms with Crippen LogP contribution >= 0.6 is 0 Å². The van der Waals surface area contributed by atoms with Crippen LogP contribution in [0.2, 0.25) is 0 Å². The zero-order chi connectivity index (χ0) is 20.1. The Bertz CT molecular complexity index is 815. The highest BCUT2D eigenvalue weighted by Crippen LogP contribution is 2.26. The van der Waals surface area contributed by atoms with Crippen molar-refractivity contribution in [2.24, 2.45) is 0 Å². The smallest absolute Gasteiger partial charge is 0.246 e. The van der Waals surface area contributed by atoms with Gasteiger partial charge < -0.3 is 10.1 Å². The van der Waals surface area contributed by atoms with Crippen LogP contribution in [0.15, 0.2) is 48.5 Å². The van der Waals surface area contributed by atoms with Crippen LogP contribution in [0.3, 0.4) is 0 Å². The van der Waals surface area contributed by atoms with Gasteiger partial charge >= 0.3 is 0 Å². The van der Waals surface area contributed by atoms with E-state index in [1.54, 1.807) is 12.1 Å². The van der Waals surface area contributed by atoms with E-state index in [1.807, 2.05) is 18.2 Å². The topological polar surface area (TPSA) is 44.8 Å². The summed E-state index contributed by atoms with van der Waals surface area (Å²) in [6.45, 7) is 5.58. The van der Waals surface area contributed by atoms with Gasteiger partial charge in [0, 0.05) is 25.3 Å². The highest BCUT2D eigenvalue weighted by Gasteiger charge is 2.29. The summed E-state index contributed by atoms with van der Waals surface area (Å²) in [5.74, 6) is -0.391. The van der Waals surface area contributed by atoms with Crippen LogP contribution in [0.1, 0.15) is 30.0 Å². The molecule has 2 aromatic carbocycles. The summed E-state index contributed by atoms with van der Waals surface area (Å²) in [7, 11) is 0. The Morgan fingerprint density at radius 1 is 1.00 bits per heavy atom. The summed E-state index contributed by atoms with van der Waals surface area (Å²) in [5.41, 5.74) is 2.77. The Morgan fingerprint density at radius 2 is 1.69 bits per heavy atom. The minimum Gasteiger partial charge on any atom is -0.379 e. The molecule has 1 N–H and O–H groups in total. The Morgan fingerprint density at radius 3 is 2.41 bits per heavy atom. The molecule has 1 amide bonds. The van der Waals surface area contributed by atoms with Gasteiger partial charge in [0.1, 0.15) is 11.9 Å². The molecule has 0 aliphatic carbocycles. The SMILES string of the molecule is O=C(Nc1ccccc1CN1CCCC1)C(c1ccc(F)cc1)N1CCOCC1. The number of rotatable bonds is 6. The Hall–Kier alpha value is -2.28. The molecule has 0 saturated carbocycles. The predicted octanol–water partition coefficient (Wildman–Crippen LogP) is 3.43. The summed E-state index contributed by atoms with van der Waals surface area (Å²) in [5, 5.41) is 3.15. The molecule has 6 heteroatoms. The number of halogens is 1. The second kappa shape index (κ2) is 9.48. The molecule has 2 aliphatic rings. The zero-order valence-corrected chi connectivity index (χ0v) is 16.6. The first-order valence-corrected chi connectivity index (χ1v) is 10.4. The highest BCUT2D eigenvalue weighted by atomic mass is 19.1. The lowest BCUT2D eigenvalue weighted by Gasteiger charge is -2.34. The van der Waals surface area contributed by atoms with Crippen LogP contribution in [-0.4, -0.2) is 55.1 Å². The Balaban J connectivity index is 1.55. The first kappa shape index (κ1) is 20.0. The molecule has 4 rings (SSSR count). The van der Waals surface area contributed by atoms with Crippen LogP contribution < -0.4 is 5.32 Å². The molecular formula is C23H28FN3O2. The average Bonchev–Trinajstić information content (AvgIpc) is 3.25. The van der Waals surface area contributed by atoms with E-state index in [2.05, 4.69) is 21.2 Å². The molecule has 2 saturated heterocycles. The summed E-state index contributed by atoms with van der Waals surface area (Å²) >= 11 is 0. The van der Waals surface area contributed by atoms with E-state index < -0.39 is 6.04 Å². The third kappa shape index (κ3) is 5.01. The number of para-hydroxylation sites is 1. The number of anilines is 1. The summed E-state index contributed by atoms with van der Waals surface area (Å²) in [6, 6.07) is 13.8. The van der Waals surface area contributed by atoms with Gasteiger partial charge in [-0.25, -0.2) is 4.39 Å². The van der Waals surface area contributed by atoms with Gasteiger partial charge in [0.05, 0.1) is 13.2 Å². The molecule has 1 unspecified atom stereocenters. The minimum absolute atomic E-state index is 0.0904. The van der Waals surface area contributed by atoms with Gasteiger partial charge in [-0.3, -0.25) is 14.6 Å². The van der Waals surface area contributed by atoms with Crippen LogP contribution in [0, 0.1) is 5.82 Å². The normalized spacial score (nSPS) is 19.2. The van der Waals surface area contributed by atoms with Crippen molar-refractivity contribution in [2.45, 2.75) is 25.4 Å². The number of nitrogens with zero attached hydrogens (tertiary/aromatic N) is 2. The molecule has 0 bridgehead atoms. The largest absolute Gasteiger partial charge is 0.379 e. The van der Waals surface area contributed by atoms with E-state index in [1.165, 1.54) is 25.0 Å².